The summed E-state index contributed by atoms with van der Waals surface area (Å²) >= 11 is 5.84. The molecule has 1 atom stereocenters. The van der Waals surface area contributed by atoms with Crippen molar-refractivity contribution in [2.45, 2.75) is 19.1 Å². The van der Waals surface area contributed by atoms with Crippen LogP contribution >= 0.6 is 11.6 Å². The van der Waals surface area contributed by atoms with Crippen molar-refractivity contribution >= 4 is 22.5 Å². The van der Waals surface area contributed by atoms with Gasteiger partial charge in [0.1, 0.15) is 5.17 Å². The second kappa shape index (κ2) is 5.81. The Hall–Kier alpha value is -1.95. The fourth-order valence-corrected chi connectivity index (χ4v) is 2.11. The van der Waals surface area contributed by atoms with E-state index < -0.39 is 11.7 Å². The van der Waals surface area contributed by atoms with Gasteiger partial charge < -0.3 is 5.73 Å². The molecule has 7 heteroatoms. The average molecular weight is 316 g/mol. The lowest BCUT2D eigenvalue weighted by Crippen LogP contribution is -2.29. The molecule has 2 rings (SSSR count). The monoisotopic (exact) mass is 315 g/mol. The molecule has 21 heavy (non-hydrogen) atoms. The molecule has 0 radical (unpaired) electrons. The highest BCUT2D eigenvalue weighted by Gasteiger charge is 2.31. The van der Waals surface area contributed by atoms with E-state index in [0.29, 0.717) is 11.3 Å². The molecule has 0 aromatic heterocycles. The van der Waals surface area contributed by atoms with Crippen LogP contribution in [0.4, 0.5) is 13.2 Å². The van der Waals surface area contributed by atoms with E-state index in [1.807, 2.05) is 6.92 Å². The SMILES string of the molecule is CC1C=CC(Cl)=NN1/C(=C\N)c1cccc(C(F)(F)F)c1. The van der Waals surface area contributed by atoms with Crippen molar-refractivity contribution in [3.8, 4) is 0 Å². The quantitative estimate of drug-likeness (QED) is 0.902. The summed E-state index contributed by atoms with van der Waals surface area (Å²) in [6.45, 7) is 1.83. The van der Waals surface area contributed by atoms with Crippen LogP contribution in [-0.4, -0.2) is 16.2 Å². The fourth-order valence-electron chi connectivity index (χ4n) is 1.96. The number of benzene rings is 1. The lowest BCUT2D eigenvalue weighted by atomic mass is 10.1. The molecule has 3 nitrogen and oxygen atoms in total. The maximum atomic E-state index is 12.8. The highest BCUT2D eigenvalue weighted by atomic mass is 35.5. The number of halogens is 4. The van der Waals surface area contributed by atoms with Gasteiger partial charge in [-0.1, -0.05) is 29.8 Å². The first-order valence-electron chi connectivity index (χ1n) is 6.14. The van der Waals surface area contributed by atoms with Gasteiger partial charge in [-0.25, -0.2) is 0 Å². The van der Waals surface area contributed by atoms with E-state index >= 15 is 0 Å². The van der Waals surface area contributed by atoms with Gasteiger partial charge in [-0.2, -0.15) is 18.3 Å². The summed E-state index contributed by atoms with van der Waals surface area (Å²) in [5.74, 6) is 0. The second-order valence-corrected chi connectivity index (χ2v) is 4.88. The van der Waals surface area contributed by atoms with Gasteiger partial charge in [0.15, 0.2) is 0 Å². The zero-order chi connectivity index (χ0) is 15.6. The first kappa shape index (κ1) is 15.4. The Kier molecular flexibility index (Phi) is 4.27. The van der Waals surface area contributed by atoms with Crippen LogP contribution in [0.2, 0.25) is 0 Å². The molecule has 0 saturated carbocycles. The normalized spacial score (nSPS) is 19.7. The largest absolute Gasteiger partial charge is 0.416 e. The molecule has 1 aromatic rings. The van der Waals surface area contributed by atoms with E-state index in [2.05, 4.69) is 5.10 Å². The zero-order valence-corrected chi connectivity index (χ0v) is 11.9. The van der Waals surface area contributed by atoms with Crippen molar-refractivity contribution in [2.75, 3.05) is 0 Å². The molecule has 1 aromatic carbocycles. The maximum absolute atomic E-state index is 12.8. The average Bonchev–Trinajstić information content (AvgIpc) is 2.43. The Morgan fingerprint density at radius 2 is 2.14 bits per heavy atom. The van der Waals surface area contributed by atoms with Gasteiger partial charge in [0.25, 0.3) is 0 Å². The zero-order valence-electron chi connectivity index (χ0n) is 11.1. The number of alkyl halides is 3. The van der Waals surface area contributed by atoms with Crippen LogP contribution < -0.4 is 5.73 Å². The van der Waals surface area contributed by atoms with Crippen LogP contribution in [0.15, 0.2) is 47.7 Å². The highest BCUT2D eigenvalue weighted by Crippen LogP contribution is 2.32. The van der Waals surface area contributed by atoms with Crippen molar-refractivity contribution in [1.29, 1.82) is 0 Å². The summed E-state index contributed by atoms with van der Waals surface area (Å²) < 4.78 is 38.4. The third kappa shape index (κ3) is 3.39. The summed E-state index contributed by atoms with van der Waals surface area (Å²) in [5, 5.41) is 5.82. The molecule has 0 spiro atoms. The summed E-state index contributed by atoms with van der Waals surface area (Å²) in [4.78, 5) is 0. The van der Waals surface area contributed by atoms with Gasteiger partial charge in [0, 0.05) is 11.8 Å². The maximum Gasteiger partial charge on any atom is 0.416 e. The molecule has 2 N–H and O–H groups in total. The van der Waals surface area contributed by atoms with Crippen LogP contribution in [-0.2, 0) is 6.18 Å². The van der Waals surface area contributed by atoms with E-state index in [-0.39, 0.29) is 11.2 Å². The van der Waals surface area contributed by atoms with E-state index in [9.17, 15) is 13.2 Å². The minimum atomic E-state index is -4.41. The number of hydrazone groups is 1. The highest BCUT2D eigenvalue weighted by molar-refractivity contribution is 6.68. The molecular formula is C14H13ClF3N3. The molecule has 1 unspecified atom stereocenters. The molecule has 0 bridgehead atoms. The third-order valence-electron chi connectivity index (χ3n) is 2.99. The molecule has 1 aliphatic rings. The first-order chi connectivity index (χ1) is 9.82. The molecule has 0 amide bonds. The number of allylic oxidation sites excluding steroid dienone is 1. The Labute approximate surface area is 125 Å². The first-order valence-corrected chi connectivity index (χ1v) is 6.52. The van der Waals surface area contributed by atoms with Crippen molar-refractivity contribution in [3.05, 3.63) is 53.7 Å². The second-order valence-electron chi connectivity index (χ2n) is 4.50. The lowest BCUT2D eigenvalue weighted by molar-refractivity contribution is -0.137. The minimum Gasteiger partial charge on any atom is -0.403 e. The van der Waals surface area contributed by atoms with Gasteiger partial charge in [0.05, 0.1) is 17.3 Å². The molecule has 1 heterocycles. The Morgan fingerprint density at radius 3 is 2.76 bits per heavy atom. The third-order valence-corrected chi connectivity index (χ3v) is 3.19. The van der Waals surface area contributed by atoms with E-state index in [0.717, 1.165) is 12.1 Å². The van der Waals surface area contributed by atoms with Crippen LogP contribution in [0.1, 0.15) is 18.1 Å². The van der Waals surface area contributed by atoms with Gasteiger partial charge >= 0.3 is 6.18 Å². The predicted octanol–water partition coefficient (Wildman–Crippen LogP) is 3.78. The molecular weight excluding hydrogens is 303 g/mol. The van der Waals surface area contributed by atoms with Gasteiger partial charge in [0.2, 0.25) is 0 Å². The van der Waals surface area contributed by atoms with E-state index in [4.69, 9.17) is 17.3 Å². The van der Waals surface area contributed by atoms with Gasteiger partial charge in [-0.3, -0.25) is 5.01 Å². The molecule has 0 aliphatic carbocycles. The topological polar surface area (TPSA) is 41.6 Å². The van der Waals surface area contributed by atoms with Crippen LogP contribution in [0, 0.1) is 0 Å². The molecule has 0 fully saturated rings. The fraction of sp³-hybridized carbons (Fsp3) is 0.214. The summed E-state index contributed by atoms with van der Waals surface area (Å²) in [6, 6.07) is 4.75. The molecule has 1 aliphatic heterocycles. The molecule has 112 valence electrons. The summed E-state index contributed by atoms with van der Waals surface area (Å²) in [5.41, 5.74) is 5.52. The molecule has 0 saturated heterocycles. The summed E-state index contributed by atoms with van der Waals surface area (Å²) in [7, 11) is 0. The number of rotatable bonds is 2. The van der Waals surface area contributed by atoms with Crippen molar-refractivity contribution < 1.29 is 13.2 Å². The number of nitrogens with two attached hydrogens (primary N) is 1. The van der Waals surface area contributed by atoms with Crippen molar-refractivity contribution in [1.82, 2.24) is 5.01 Å². The summed E-state index contributed by atoms with van der Waals surface area (Å²) in [6.07, 6.45) is 0.221. The van der Waals surface area contributed by atoms with Crippen molar-refractivity contribution in [2.24, 2.45) is 10.8 Å². The Bertz CT molecular complexity index is 620. The number of hydrogen-bond donors (Lipinski definition) is 1. The van der Waals surface area contributed by atoms with Gasteiger partial charge in [-0.15, -0.1) is 0 Å². The van der Waals surface area contributed by atoms with Crippen LogP contribution in [0.25, 0.3) is 5.70 Å². The number of hydrogen-bond acceptors (Lipinski definition) is 3. The smallest absolute Gasteiger partial charge is 0.403 e. The van der Waals surface area contributed by atoms with Crippen LogP contribution in [0.3, 0.4) is 0 Å². The van der Waals surface area contributed by atoms with E-state index in [1.54, 1.807) is 18.2 Å². The number of nitrogens with zero attached hydrogens (tertiary/aromatic N) is 2. The standard InChI is InChI=1S/C14H13ClF3N3/c1-9-5-6-13(15)20-21(9)12(8-19)10-3-2-4-11(7-10)14(16,17)18/h2-9H,19H2,1H3/b12-8-. The van der Waals surface area contributed by atoms with Crippen molar-refractivity contribution in [3.63, 3.8) is 0 Å². The minimum absolute atomic E-state index is 0.170. The lowest BCUT2D eigenvalue weighted by Gasteiger charge is -2.29. The van der Waals surface area contributed by atoms with Gasteiger partial charge in [-0.05, 0) is 25.1 Å². The Morgan fingerprint density at radius 1 is 1.43 bits per heavy atom. The Balaban J connectivity index is 2.42. The van der Waals surface area contributed by atoms with E-state index in [1.165, 1.54) is 17.3 Å². The van der Waals surface area contributed by atoms with Crippen LogP contribution in [0.5, 0.6) is 0 Å². The predicted molar refractivity (Wildman–Crippen MR) is 77.3 cm³/mol.